The van der Waals surface area contributed by atoms with Gasteiger partial charge in [-0.25, -0.2) is 8.42 Å². The van der Waals surface area contributed by atoms with Gasteiger partial charge in [0.25, 0.3) is 0 Å². The number of hydrogen-bond donors (Lipinski definition) is 0. The molecule has 3 aromatic rings. The zero-order valence-corrected chi connectivity index (χ0v) is 17.9. The molecule has 0 radical (unpaired) electrons. The molecule has 1 saturated heterocycles. The molecule has 2 aromatic carbocycles. The minimum Gasteiger partial charge on any atom is -0.496 e. The quantitative estimate of drug-likeness (QED) is 0.602. The molecule has 0 bridgehead atoms. The fraction of sp³-hybridized carbons (Fsp3) is 0.318. The molecule has 0 spiro atoms. The van der Waals surface area contributed by atoms with Crippen LogP contribution in [0.5, 0.6) is 5.75 Å². The minimum absolute atomic E-state index is 0.346. The van der Waals surface area contributed by atoms with Gasteiger partial charge in [-0.05, 0) is 31.2 Å². The molecule has 7 nitrogen and oxygen atoms in total. The van der Waals surface area contributed by atoms with Crippen LogP contribution in [0, 0.1) is 6.92 Å². The van der Waals surface area contributed by atoms with Gasteiger partial charge in [0.15, 0.2) is 5.76 Å². The van der Waals surface area contributed by atoms with Gasteiger partial charge < -0.3 is 9.26 Å². The highest BCUT2D eigenvalue weighted by molar-refractivity contribution is 7.89. The van der Waals surface area contributed by atoms with Crippen molar-refractivity contribution in [3.8, 4) is 17.0 Å². The van der Waals surface area contributed by atoms with E-state index in [1.807, 2.05) is 49.4 Å². The fourth-order valence-corrected chi connectivity index (χ4v) is 5.00. The van der Waals surface area contributed by atoms with Crippen LogP contribution in [0.3, 0.4) is 0 Å². The monoisotopic (exact) mass is 427 g/mol. The van der Waals surface area contributed by atoms with E-state index in [2.05, 4.69) is 10.1 Å². The van der Waals surface area contributed by atoms with E-state index in [1.54, 1.807) is 23.5 Å². The summed E-state index contributed by atoms with van der Waals surface area (Å²) < 4.78 is 38.2. The van der Waals surface area contributed by atoms with E-state index in [9.17, 15) is 8.42 Å². The maximum atomic E-state index is 12.9. The van der Waals surface area contributed by atoms with Crippen LogP contribution in [0.15, 0.2) is 64.0 Å². The van der Waals surface area contributed by atoms with Crippen molar-refractivity contribution in [3.63, 3.8) is 0 Å². The summed E-state index contributed by atoms with van der Waals surface area (Å²) >= 11 is 0. The topological polar surface area (TPSA) is 75.9 Å². The van der Waals surface area contributed by atoms with Crippen LogP contribution < -0.4 is 4.74 Å². The first kappa shape index (κ1) is 20.6. The Balaban J connectivity index is 1.39. The number of rotatable bonds is 6. The first-order valence-electron chi connectivity index (χ1n) is 9.85. The molecule has 1 fully saturated rings. The Bertz CT molecular complexity index is 1100. The average molecular weight is 428 g/mol. The first-order chi connectivity index (χ1) is 14.5. The summed E-state index contributed by atoms with van der Waals surface area (Å²) in [4.78, 5) is 2.52. The molecule has 0 N–H and O–H groups in total. The molecule has 30 heavy (non-hydrogen) atoms. The summed E-state index contributed by atoms with van der Waals surface area (Å²) in [7, 11) is -1.83. The number of aromatic nitrogens is 1. The van der Waals surface area contributed by atoms with Crippen molar-refractivity contribution in [3.05, 3.63) is 65.9 Å². The smallest absolute Gasteiger partial charge is 0.243 e. The lowest BCUT2D eigenvalue weighted by Gasteiger charge is -2.33. The second-order valence-electron chi connectivity index (χ2n) is 7.37. The Morgan fingerprint density at radius 3 is 2.43 bits per heavy atom. The van der Waals surface area contributed by atoms with Crippen molar-refractivity contribution in [2.24, 2.45) is 0 Å². The summed E-state index contributed by atoms with van der Waals surface area (Å²) in [6, 6.07) is 16.6. The van der Waals surface area contributed by atoms with Gasteiger partial charge in [-0.2, -0.15) is 4.31 Å². The van der Waals surface area contributed by atoms with E-state index in [4.69, 9.17) is 9.26 Å². The molecule has 0 amide bonds. The molecule has 2 heterocycles. The fourth-order valence-electron chi connectivity index (χ4n) is 3.58. The maximum Gasteiger partial charge on any atom is 0.243 e. The summed E-state index contributed by atoms with van der Waals surface area (Å²) in [6.45, 7) is 4.69. The van der Waals surface area contributed by atoms with Gasteiger partial charge in [-0.1, -0.05) is 35.0 Å². The van der Waals surface area contributed by atoms with Crippen LogP contribution in [0.2, 0.25) is 0 Å². The molecular weight excluding hydrogens is 402 g/mol. The van der Waals surface area contributed by atoms with Gasteiger partial charge in [0, 0.05) is 37.8 Å². The third kappa shape index (κ3) is 4.26. The van der Waals surface area contributed by atoms with Crippen molar-refractivity contribution >= 4 is 10.0 Å². The molecule has 0 unspecified atom stereocenters. The standard InChI is InChI=1S/C22H25N3O4S/c1-17-7-9-19(10-8-17)30(26,27)25-13-11-24(12-14-25)16-18-15-21(23-29-18)20-5-3-4-6-22(20)28-2/h3-10,15H,11-14,16H2,1-2H3. The second kappa shape index (κ2) is 8.59. The largest absolute Gasteiger partial charge is 0.496 e. The van der Waals surface area contributed by atoms with Gasteiger partial charge in [-0.3, -0.25) is 4.90 Å². The summed E-state index contributed by atoms with van der Waals surface area (Å²) in [6.07, 6.45) is 0. The first-order valence-corrected chi connectivity index (χ1v) is 11.3. The lowest BCUT2D eigenvalue weighted by molar-refractivity contribution is 0.166. The Morgan fingerprint density at radius 1 is 1.03 bits per heavy atom. The number of hydrogen-bond acceptors (Lipinski definition) is 6. The molecule has 8 heteroatoms. The third-order valence-electron chi connectivity index (χ3n) is 5.31. The van der Waals surface area contributed by atoms with E-state index in [-0.39, 0.29) is 0 Å². The Labute approximate surface area is 176 Å². The van der Waals surface area contributed by atoms with Crippen LogP contribution in [-0.2, 0) is 16.6 Å². The van der Waals surface area contributed by atoms with Crippen molar-refractivity contribution in [2.75, 3.05) is 33.3 Å². The van der Waals surface area contributed by atoms with Crippen LogP contribution in [0.4, 0.5) is 0 Å². The van der Waals surface area contributed by atoms with Crippen LogP contribution >= 0.6 is 0 Å². The number of piperazine rings is 1. The molecule has 4 rings (SSSR count). The molecule has 1 aliphatic heterocycles. The number of para-hydroxylation sites is 1. The molecular formula is C22H25N3O4S. The van der Waals surface area contributed by atoms with Gasteiger partial charge in [0.2, 0.25) is 10.0 Å². The molecule has 1 aliphatic rings. The summed E-state index contributed by atoms with van der Waals surface area (Å²) in [5, 5.41) is 4.17. The predicted octanol–water partition coefficient (Wildman–Crippen LogP) is 3.17. The molecule has 0 atom stereocenters. The highest BCUT2D eigenvalue weighted by Crippen LogP contribution is 2.29. The highest BCUT2D eigenvalue weighted by Gasteiger charge is 2.28. The molecule has 158 valence electrons. The normalized spacial score (nSPS) is 15.9. The summed E-state index contributed by atoms with van der Waals surface area (Å²) in [5.74, 6) is 1.48. The highest BCUT2D eigenvalue weighted by atomic mass is 32.2. The van der Waals surface area contributed by atoms with Crippen molar-refractivity contribution in [1.29, 1.82) is 0 Å². The summed E-state index contributed by atoms with van der Waals surface area (Å²) in [5.41, 5.74) is 2.64. The number of nitrogens with zero attached hydrogens (tertiary/aromatic N) is 3. The van der Waals surface area contributed by atoms with E-state index in [1.165, 1.54) is 0 Å². The Kier molecular flexibility index (Phi) is 5.90. The zero-order chi connectivity index (χ0) is 21.1. The number of sulfonamides is 1. The van der Waals surface area contributed by atoms with E-state index in [0.29, 0.717) is 37.6 Å². The van der Waals surface area contributed by atoms with Gasteiger partial charge in [0.1, 0.15) is 11.4 Å². The SMILES string of the molecule is COc1ccccc1-c1cc(CN2CCN(S(=O)(=O)c3ccc(C)cc3)CC2)on1. The Morgan fingerprint density at radius 2 is 1.73 bits per heavy atom. The van der Waals surface area contributed by atoms with Crippen molar-refractivity contribution in [1.82, 2.24) is 14.4 Å². The van der Waals surface area contributed by atoms with Gasteiger partial charge >= 0.3 is 0 Å². The maximum absolute atomic E-state index is 12.9. The molecule has 0 aliphatic carbocycles. The predicted molar refractivity (Wildman–Crippen MR) is 114 cm³/mol. The third-order valence-corrected chi connectivity index (χ3v) is 7.22. The number of methoxy groups -OCH3 is 1. The number of ether oxygens (including phenoxy) is 1. The lowest BCUT2D eigenvalue weighted by Crippen LogP contribution is -2.48. The van der Waals surface area contributed by atoms with E-state index >= 15 is 0 Å². The van der Waals surface area contributed by atoms with E-state index in [0.717, 1.165) is 28.3 Å². The number of benzene rings is 2. The Hall–Kier alpha value is -2.68. The van der Waals surface area contributed by atoms with Crippen molar-refractivity contribution < 1.29 is 17.7 Å². The molecule has 1 aromatic heterocycles. The zero-order valence-electron chi connectivity index (χ0n) is 17.1. The second-order valence-corrected chi connectivity index (χ2v) is 9.31. The van der Waals surface area contributed by atoms with Crippen LogP contribution in [0.1, 0.15) is 11.3 Å². The van der Waals surface area contributed by atoms with E-state index < -0.39 is 10.0 Å². The van der Waals surface area contributed by atoms with Gasteiger partial charge in [0.05, 0.1) is 18.6 Å². The van der Waals surface area contributed by atoms with Gasteiger partial charge in [-0.15, -0.1) is 0 Å². The average Bonchev–Trinajstić information content (AvgIpc) is 3.22. The van der Waals surface area contributed by atoms with Crippen LogP contribution in [-0.4, -0.2) is 56.1 Å². The lowest BCUT2D eigenvalue weighted by atomic mass is 10.1. The molecule has 0 saturated carbocycles. The number of aryl methyl sites for hydroxylation is 1. The minimum atomic E-state index is -3.46. The van der Waals surface area contributed by atoms with Crippen LogP contribution in [0.25, 0.3) is 11.3 Å². The van der Waals surface area contributed by atoms with Crippen molar-refractivity contribution in [2.45, 2.75) is 18.4 Å².